The molecule has 1 N–H and O–H groups in total. The first-order chi connectivity index (χ1) is 13.0. The Morgan fingerprint density at radius 2 is 2.07 bits per heavy atom. The quantitative estimate of drug-likeness (QED) is 0.627. The maximum absolute atomic E-state index is 13.1. The number of halogens is 3. The number of alkyl halides is 3. The van der Waals surface area contributed by atoms with Crippen molar-refractivity contribution < 1.29 is 17.9 Å². The molecule has 1 saturated heterocycles. The van der Waals surface area contributed by atoms with Crippen LogP contribution in [-0.4, -0.2) is 39.4 Å². The highest BCUT2D eigenvalue weighted by Gasteiger charge is 2.35. The molecule has 0 aliphatic carbocycles. The van der Waals surface area contributed by atoms with E-state index in [-0.39, 0.29) is 16.6 Å². The monoisotopic (exact) mass is 413 g/mol. The van der Waals surface area contributed by atoms with Gasteiger partial charge in [-0.15, -0.1) is 10.2 Å². The van der Waals surface area contributed by atoms with Gasteiger partial charge in [-0.1, -0.05) is 29.5 Å². The third-order valence-corrected chi connectivity index (χ3v) is 5.85. The van der Waals surface area contributed by atoms with Crippen LogP contribution >= 0.6 is 23.1 Å². The molecule has 2 aromatic heterocycles. The molecule has 3 heterocycles. The van der Waals surface area contributed by atoms with E-state index < -0.39 is 12.0 Å². The number of ether oxygens (including phenoxy) is 1. The number of hydrogen-bond donors (Lipinski definition) is 1. The molecule has 1 aliphatic rings. The van der Waals surface area contributed by atoms with Gasteiger partial charge >= 0.3 is 6.18 Å². The van der Waals surface area contributed by atoms with Crippen LogP contribution in [0.2, 0.25) is 0 Å². The lowest BCUT2D eigenvalue weighted by Gasteiger charge is -2.09. The van der Waals surface area contributed by atoms with Crippen molar-refractivity contribution >= 4 is 39.1 Å². The highest BCUT2D eigenvalue weighted by atomic mass is 32.2. The smallest absolute Gasteiger partial charge is 0.376 e. The molecule has 1 aromatic carbocycles. The molecule has 0 spiro atoms. The lowest BCUT2D eigenvalue weighted by atomic mass is 10.2. The minimum atomic E-state index is -4.62. The first kappa shape index (κ1) is 18.4. The summed E-state index contributed by atoms with van der Waals surface area (Å²) in [7, 11) is 0. The van der Waals surface area contributed by atoms with Gasteiger partial charge < -0.3 is 10.1 Å². The highest BCUT2D eigenvalue weighted by Crippen LogP contribution is 2.37. The number of anilines is 1. The number of hydrogen-bond acceptors (Lipinski definition) is 8. The van der Waals surface area contributed by atoms with E-state index in [9.17, 15) is 13.2 Å². The van der Waals surface area contributed by atoms with Crippen LogP contribution in [0, 0.1) is 0 Å². The van der Waals surface area contributed by atoms with E-state index in [4.69, 9.17) is 4.74 Å². The first-order valence-electron chi connectivity index (χ1n) is 8.20. The molecule has 0 unspecified atom stereocenters. The third kappa shape index (κ3) is 4.30. The SMILES string of the molecule is FC(F)(F)c1nc(Sc2nnc(NC[C@@H]3CCCO3)s2)c2ccccc2n1. The zero-order chi connectivity index (χ0) is 18.9. The van der Waals surface area contributed by atoms with Crippen molar-refractivity contribution in [3.05, 3.63) is 30.1 Å². The largest absolute Gasteiger partial charge is 0.451 e. The Kier molecular flexibility index (Phi) is 5.15. The Balaban J connectivity index is 1.56. The summed E-state index contributed by atoms with van der Waals surface area (Å²) in [6.07, 6.45) is -2.41. The Labute approximate surface area is 160 Å². The second-order valence-corrected chi connectivity index (χ2v) is 8.07. The van der Waals surface area contributed by atoms with Gasteiger partial charge in [-0.2, -0.15) is 13.2 Å². The molecule has 27 heavy (non-hydrogen) atoms. The van der Waals surface area contributed by atoms with Gasteiger partial charge in [0.2, 0.25) is 11.0 Å². The van der Waals surface area contributed by atoms with Gasteiger partial charge in [-0.25, -0.2) is 9.97 Å². The fraction of sp³-hybridized carbons (Fsp3) is 0.375. The molecule has 0 radical (unpaired) electrons. The molecule has 11 heteroatoms. The van der Waals surface area contributed by atoms with Crippen molar-refractivity contribution in [1.82, 2.24) is 20.2 Å². The minimum Gasteiger partial charge on any atom is -0.376 e. The summed E-state index contributed by atoms with van der Waals surface area (Å²) in [4.78, 5) is 7.33. The van der Waals surface area contributed by atoms with Gasteiger partial charge in [-0.3, -0.25) is 0 Å². The topological polar surface area (TPSA) is 72.8 Å². The Bertz CT molecular complexity index is 943. The lowest BCUT2D eigenvalue weighted by molar-refractivity contribution is -0.145. The van der Waals surface area contributed by atoms with Crippen LogP contribution in [0.15, 0.2) is 33.6 Å². The fourth-order valence-corrected chi connectivity index (χ4v) is 4.45. The Morgan fingerprint density at radius 1 is 1.22 bits per heavy atom. The maximum atomic E-state index is 13.1. The average molecular weight is 413 g/mol. The average Bonchev–Trinajstić information content (AvgIpc) is 3.31. The number of fused-ring (bicyclic) bond motifs is 1. The summed E-state index contributed by atoms with van der Waals surface area (Å²) < 4.78 is 45.4. The van der Waals surface area contributed by atoms with Crippen molar-refractivity contribution in [3.63, 3.8) is 0 Å². The number of aromatic nitrogens is 4. The zero-order valence-electron chi connectivity index (χ0n) is 13.9. The van der Waals surface area contributed by atoms with Gasteiger partial charge in [0, 0.05) is 18.5 Å². The molecule has 0 bridgehead atoms. The predicted molar refractivity (Wildman–Crippen MR) is 96.0 cm³/mol. The van der Waals surface area contributed by atoms with Crippen LogP contribution < -0.4 is 5.32 Å². The van der Waals surface area contributed by atoms with E-state index in [1.807, 2.05) is 0 Å². The second kappa shape index (κ2) is 7.56. The standard InChI is InChI=1S/C16H14F3N5OS2/c17-16(18,19)13-21-11-6-2-1-5-10(11)12(22-13)26-15-24-23-14(27-15)20-8-9-4-3-7-25-9/h1-2,5-6,9H,3-4,7-8H2,(H,20,23)/t9-/m0/s1. The van der Waals surface area contributed by atoms with Crippen LogP contribution in [0.4, 0.5) is 18.3 Å². The molecule has 6 nitrogen and oxygen atoms in total. The van der Waals surface area contributed by atoms with Gasteiger partial charge in [0.05, 0.1) is 11.6 Å². The summed E-state index contributed by atoms with van der Waals surface area (Å²) >= 11 is 2.31. The molecule has 1 fully saturated rings. The summed E-state index contributed by atoms with van der Waals surface area (Å²) in [5.74, 6) is -1.16. The number of rotatable bonds is 5. The molecule has 0 amide bonds. The lowest BCUT2D eigenvalue weighted by Crippen LogP contribution is -2.18. The van der Waals surface area contributed by atoms with E-state index >= 15 is 0 Å². The molecule has 3 aromatic rings. The van der Waals surface area contributed by atoms with Gasteiger partial charge in [0.15, 0.2) is 4.34 Å². The van der Waals surface area contributed by atoms with Gasteiger partial charge in [-0.05, 0) is 30.7 Å². The summed E-state index contributed by atoms with van der Waals surface area (Å²) in [6.45, 7) is 1.40. The molecule has 0 saturated carbocycles. The third-order valence-electron chi connectivity index (χ3n) is 3.92. The Hall–Kier alpha value is -1.98. The van der Waals surface area contributed by atoms with Crippen molar-refractivity contribution in [2.24, 2.45) is 0 Å². The van der Waals surface area contributed by atoms with Crippen LogP contribution in [0.1, 0.15) is 18.7 Å². The first-order valence-corrected chi connectivity index (χ1v) is 9.83. The summed E-state index contributed by atoms with van der Waals surface area (Å²) in [5, 5.41) is 12.6. The fourth-order valence-electron chi connectivity index (χ4n) is 2.66. The molecule has 4 rings (SSSR count). The van der Waals surface area contributed by atoms with E-state index in [0.29, 0.717) is 21.4 Å². The zero-order valence-corrected chi connectivity index (χ0v) is 15.5. The predicted octanol–water partition coefficient (Wildman–Crippen LogP) is 4.24. The maximum Gasteiger partial charge on any atom is 0.451 e. The van der Waals surface area contributed by atoms with Crippen LogP contribution in [0.5, 0.6) is 0 Å². The number of para-hydroxylation sites is 1. The van der Waals surface area contributed by atoms with Crippen LogP contribution in [0.25, 0.3) is 10.9 Å². The summed E-state index contributed by atoms with van der Waals surface area (Å²) in [6, 6.07) is 6.60. The normalized spacial score (nSPS) is 17.5. The molecule has 1 aliphatic heterocycles. The minimum absolute atomic E-state index is 0.158. The number of nitrogens with zero attached hydrogens (tertiary/aromatic N) is 4. The Morgan fingerprint density at radius 3 is 2.85 bits per heavy atom. The van der Waals surface area contributed by atoms with Gasteiger partial charge in [0.25, 0.3) is 0 Å². The van der Waals surface area contributed by atoms with E-state index in [0.717, 1.165) is 31.2 Å². The van der Waals surface area contributed by atoms with Crippen LogP contribution in [0.3, 0.4) is 0 Å². The highest BCUT2D eigenvalue weighted by molar-refractivity contribution is 8.01. The molecular weight excluding hydrogens is 399 g/mol. The number of benzene rings is 1. The molecule has 1 atom stereocenters. The molecule has 142 valence electrons. The van der Waals surface area contributed by atoms with Crippen molar-refractivity contribution in [2.45, 2.75) is 34.5 Å². The van der Waals surface area contributed by atoms with Crippen molar-refractivity contribution in [2.75, 3.05) is 18.5 Å². The van der Waals surface area contributed by atoms with Crippen molar-refractivity contribution in [1.29, 1.82) is 0 Å². The van der Waals surface area contributed by atoms with E-state index in [1.165, 1.54) is 17.4 Å². The van der Waals surface area contributed by atoms with Gasteiger partial charge in [0.1, 0.15) is 5.03 Å². The van der Waals surface area contributed by atoms with Crippen molar-refractivity contribution in [3.8, 4) is 0 Å². The second-order valence-electron chi connectivity index (χ2n) is 5.86. The van der Waals surface area contributed by atoms with E-state index in [1.54, 1.807) is 18.2 Å². The van der Waals surface area contributed by atoms with E-state index in [2.05, 4.69) is 25.5 Å². The van der Waals surface area contributed by atoms with Crippen LogP contribution in [-0.2, 0) is 10.9 Å². The molecular formula is C16H14F3N5OS2. The summed E-state index contributed by atoms with van der Waals surface area (Å²) in [5.41, 5.74) is 0.239. The number of nitrogens with one attached hydrogen (secondary N) is 1.